The van der Waals surface area contributed by atoms with E-state index in [4.69, 9.17) is 4.74 Å². The Hall–Kier alpha value is -2.11. The average Bonchev–Trinajstić information content (AvgIpc) is 2.47. The highest BCUT2D eigenvalue weighted by Crippen LogP contribution is 2.30. The molecule has 21 heavy (non-hydrogen) atoms. The molecule has 0 radical (unpaired) electrons. The molecule has 1 saturated heterocycles. The van der Waals surface area contributed by atoms with Gasteiger partial charge in [0.25, 0.3) is 5.69 Å². The van der Waals surface area contributed by atoms with Crippen molar-refractivity contribution in [1.82, 2.24) is 0 Å². The van der Waals surface area contributed by atoms with Crippen molar-refractivity contribution in [2.24, 2.45) is 0 Å². The van der Waals surface area contributed by atoms with Crippen LogP contribution >= 0.6 is 0 Å². The number of carbonyl (C=O) groups excluding carboxylic acids is 1. The Kier molecular flexibility index (Phi) is 4.77. The predicted molar refractivity (Wildman–Crippen MR) is 79.5 cm³/mol. The van der Waals surface area contributed by atoms with Crippen LogP contribution in [0.3, 0.4) is 0 Å². The first-order valence-corrected chi connectivity index (χ1v) is 7.11. The van der Waals surface area contributed by atoms with Crippen LogP contribution in [0.25, 0.3) is 0 Å². The van der Waals surface area contributed by atoms with Crippen LogP contribution in [0.5, 0.6) is 0 Å². The van der Waals surface area contributed by atoms with Crippen molar-refractivity contribution in [3.63, 3.8) is 0 Å². The number of aryl methyl sites for hydroxylation is 1. The maximum Gasteiger partial charge on any atom is 0.307 e. The highest BCUT2D eigenvalue weighted by molar-refractivity contribution is 5.71. The first-order valence-electron chi connectivity index (χ1n) is 7.11. The topological polar surface area (TPSA) is 72.7 Å². The lowest BCUT2D eigenvalue weighted by atomic mass is 9.98. The van der Waals surface area contributed by atoms with Gasteiger partial charge < -0.3 is 9.64 Å². The van der Waals surface area contributed by atoms with E-state index in [9.17, 15) is 14.9 Å². The van der Waals surface area contributed by atoms with Crippen LogP contribution in [-0.4, -0.2) is 30.6 Å². The molecule has 0 aromatic heterocycles. The molecule has 0 amide bonds. The number of hydrogen-bond donors (Lipinski definition) is 0. The van der Waals surface area contributed by atoms with Gasteiger partial charge in [0.1, 0.15) is 0 Å². The summed E-state index contributed by atoms with van der Waals surface area (Å²) in [5.74, 6) is -0.217. The third kappa shape index (κ3) is 3.51. The maximum atomic E-state index is 11.5. The highest BCUT2D eigenvalue weighted by atomic mass is 16.6. The minimum absolute atomic E-state index is 0.104. The average molecular weight is 292 g/mol. The third-order valence-corrected chi connectivity index (χ3v) is 3.97. The molecule has 6 heteroatoms. The number of piperidine rings is 1. The molecule has 6 nitrogen and oxygen atoms in total. The van der Waals surface area contributed by atoms with Crippen molar-refractivity contribution < 1.29 is 14.5 Å². The normalized spacial score (nSPS) is 18.4. The summed E-state index contributed by atoms with van der Waals surface area (Å²) in [6, 6.07) is 5.23. The summed E-state index contributed by atoms with van der Waals surface area (Å²) in [6.07, 6.45) is 3.44. The number of nitro groups is 1. The Morgan fingerprint density at radius 2 is 2.24 bits per heavy atom. The van der Waals surface area contributed by atoms with Crippen molar-refractivity contribution >= 4 is 17.3 Å². The van der Waals surface area contributed by atoms with Gasteiger partial charge in [-0.05, 0) is 38.3 Å². The SMILES string of the molecule is COC(=O)CC1CCCCN1c1ccc([N+](=O)[O-])c(C)c1. The van der Waals surface area contributed by atoms with Crippen molar-refractivity contribution in [2.75, 3.05) is 18.6 Å². The molecule has 1 heterocycles. The molecule has 1 aliphatic heterocycles. The molecule has 0 N–H and O–H groups in total. The van der Waals surface area contributed by atoms with Gasteiger partial charge in [-0.2, -0.15) is 0 Å². The number of esters is 1. The highest BCUT2D eigenvalue weighted by Gasteiger charge is 2.26. The van der Waals surface area contributed by atoms with E-state index >= 15 is 0 Å². The smallest absolute Gasteiger partial charge is 0.307 e. The lowest BCUT2D eigenvalue weighted by molar-refractivity contribution is -0.385. The summed E-state index contributed by atoms with van der Waals surface area (Å²) in [5.41, 5.74) is 1.70. The molecule has 0 aliphatic carbocycles. The van der Waals surface area contributed by atoms with Crippen LogP contribution in [0.1, 0.15) is 31.2 Å². The Morgan fingerprint density at radius 3 is 2.86 bits per heavy atom. The van der Waals surface area contributed by atoms with Crippen molar-refractivity contribution in [1.29, 1.82) is 0 Å². The second-order valence-corrected chi connectivity index (χ2v) is 5.35. The minimum atomic E-state index is -0.374. The fourth-order valence-electron chi connectivity index (χ4n) is 2.85. The molecule has 1 aromatic carbocycles. The van der Waals surface area contributed by atoms with E-state index in [-0.39, 0.29) is 22.6 Å². The third-order valence-electron chi connectivity index (χ3n) is 3.97. The van der Waals surface area contributed by atoms with E-state index in [1.807, 2.05) is 6.07 Å². The molecular formula is C15H20N2O4. The van der Waals surface area contributed by atoms with Gasteiger partial charge in [-0.3, -0.25) is 14.9 Å². The molecule has 0 spiro atoms. The summed E-state index contributed by atoms with van der Waals surface area (Å²) in [7, 11) is 1.39. The second-order valence-electron chi connectivity index (χ2n) is 5.35. The molecule has 0 bridgehead atoms. The Morgan fingerprint density at radius 1 is 1.48 bits per heavy atom. The largest absolute Gasteiger partial charge is 0.469 e. The summed E-state index contributed by atoms with van der Waals surface area (Å²) in [5, 5.41) is 10.9. The molecule has 0 saturated carbocycles. The van der Waals surface area contributed by atoms with Gasteiger partial charge in [0.2, 0.25) is 0 Å². The van der Waals surface area contributed by atoms with E-state index in [0.29, 0.717) is 12.0 Å². The zero-order valence-corrected chi connectivity index (χ0v) is 12.4. The van der Waals surface area contributed by atoms with Crippen LogP contribution in [0, 0.1) is 17.0 Å². The van der Waals surface area contributed by atoms with E-state index in [1.54, 1.807) is 13.0 Å². The van der Waals surface area contributed by atoms with Crippen LogP contribution < -0.4 is 4.90 Å². The van der Waals surface area contributed by atoms with Gasteiger partial charge in [0.05, 0.1) is 18.5 Å². The quantitative estimate of drug-likeness (QED) is 0.484. The number of hydrogen-bond acceptors (Lipinski definition) is 5. The lowest BCUT2D eigenvalue weighted by Crippen LogP contribution is -2.41. The molecular weight excluding hydrogens is 272 g/mol. The summed E-state index contributed by atoms with van der Waals surface area (Å²) < 4.78 is 4.76. The predicted octanol–water partition coefficient (Wildman–Crippen LogP) is 2.83. The van der Waals surface area contributed by atoms with Crippen LogP contribution in [0.15, 0.2) is 18.2 Å². The summed E-state index contributed by atoms with van der Waals surface area (Å²) in [4.78, 5) is 24.2. The molecule has 1 aliphatic rings. The Labute approximate surface area is 123 Å². The number of nitrogens with zero attached hydrogens (tertiary/aromatic N) is 2. The second kappa shape index (κ2) is 6.56. The molecule has 1 unspecified atom stereocenters. The Balaban J connectivity index is 2.23. The first kappa shape index (κ1) is 15.3. The van der Waals surface area contributed by atoms with Gasteiger partial charge in [-0.1, -0.05) is 0 Å². The van der Waals surface area contributed by atoms with Crippen LogP contribution in [0.4, 0.5) is 11.4 Å². The Bertz CT molecular complexity index is 544. The van der Waals surface area contributed by atoms with E-state index in [0.717, 1.165) is 31.5 Å². The standard InChI is InChI=1S/C15H20N2O4/c1-11-9-13(6-7-14(11)17(19)20)16-8-4-3-5-12(16)10-15(18)21-2/h6-7,9,12H,3-5,8,10H2,1-2H3. The molecule has 114 valence electrons. The fraction of sp³-hybridized carbons (Fsp3) is 0.533. The minimum Gasteiger partial charge on any atom is -0.469 e. The molecule has 1 fully saturated rings. The number of carbonyl (C=O) groups is 1. The lowest BCUT2D eigenvalue weighted by Gasteiger charge is -2.37. The number of methoxy groups -OCH3 is 1. The van der Waals surface area contributed by atoms with Crippen molar-refractivity contribution in [3.05, 3.63) is 33.9 Å². The zero-order valence-electron chi connectivity index (χ0n) is 12.4. The van der Waals surface area contributed by atoms with Crippen molar-refractivity contribution in [3.8, 4) is 0 Å². The maximum absolute atomic E-state index is 11.5. The number of benzene rings is 1. The van der Waals surface area contributed by atoms with Crippen molar-refractivity contribution in [2.45, 2.75) is 38.6 Å². The summed E-state index contributed by atoms with van der Waals surface area (Å²) >= 11 is 0. The van der Waals surface area contributed by atoms with E-state index in [2.05, 4.69) is 4.90 Å². The van der Waals surface area contributed by atoms with Crippen LogP contribution in [0.2, 0.25) is 0 Å². The van der Waals surface area contributed by atoms with Gasteiger partial charge in [0.15, 0.2) is 0 Å². The number of anilines is 1. The molecule has 2 rings (SSSR count). The van der Waals surface area contributed by atoms with Gasteiger partial charge in [-0.25, -0.2) is 0 Å². The first-order chi connectivity index (χ1) is 10.0. The number of rotatable bonds is 4. The fourth-order valence-corrected chi connectivity index (χ4v) is 2.85. The van der Waals surface area contributed by atoms with Crippen LogP contribution in [-0.2, 0) is 9.53 Å². The van der Waals surface area contributed by atoms with E-state index < -0.39 is 0 Å². The van der Waals surface area contributed by atoms with Gasteiger partial charge >= 0.3 is 5.97 Å². The molecule has 1 aromatic rings. The van der Waals surface area contributed by atoms with E-state index in [1.165, 1.54) is 13.2 Å². The van der Waals surface area contributed by atoms with Gasteiger partial charge in [0, 0.05) is 29.9 Å². The number of nitro benzene ring substituents is 1. The molecule has 1 atom stereocenters. The summed E-state index contributed by atoms with van der Waals surface area (Å²) in [6.45, 7) is 2.60. The number of ether oxygens (including phenoxy) is 1. The zero-order chi connectivity index (χ0) is 15.4. The monoisotopic (exact) mass is 292 g/mol. The van der Waals surface area contributed by atoms with Gasteiger partial charge in [-0.15, -0.1) is 0 Å².